The Morgan fingerprint density at radius 2 is 2.20 bits per heavy atom. The highest BCUT2D eigenvalue weighted by atomic mass is 13.7. The maximum atomic E-state index is 4.95. The molecular formula is C5H7+. The maximum Gasteiger partial charge on any atom is 0.153 e. The molecule has 0 aromatic heterocycles. The van der Waals surface area contributed by atoms with Gasteiger partial charge < -0.3 is 0 Å². The lowest BCUT2D eigenvalue weighted by atomic mass is 10.4. The van der Waals surface area contributed by atoms with E-state index in [1.807, 2.05) is 6.92 Å². The van der Waals surface area contributed by atoms with Crippen LogP contribution in [0.1, 0.15) is 6.92 Å². The molecule has 0 rings (SSSR count). The van der Waals surface area contributed by atoms with Crippen LogP contribution in [0, 0.1) is 6.58 Å². The average molecular weight is 67.1 g/mol. The Morgan fingerprint density at radius 1 is 2.00 bits per heavy atom. The molecule has 0 heteroatoms. The highest BCUT2D eigenvalue weighted by molar-refractivity contribution is 5.04. The molecule has 0 fully saturated rings. The molecule has 0 atom stereocenters. The molecule has 0 aromatic carbocycles. The molecule has 0 saturated heterocycles. The van der Waals surface area contributed by atoms with Gasteiger partial charge in [0.05, 0.1) is 5.57 Å². The van der Waals surface area contributed by atoms with Gasteiger partial charge in [-0.2, -0.15) is 0 Å². The Bertz CT molecular complexity index is 51.1. The number of hydrogen-bond donors (Lipinski definition) is 0. The SMILES string of the molecule is [CH+]=CC(=C)C. The smallest absolute Gasteiger partial charge is 0.0120 e. The second kappa shape index (κ2) is 1.68. The van der Waals surface area contributed by atoms with Crippen LogP contribution in [-0.2, 0) is 0 Å². The Morgan fingerprint density at radius 3 is 2.20 bits per heavy atom. The van der Waals surface area contributed by atoms with Gasteiger partial charge in [0.15, 0.2) is 6.08 Å². The molecule has 5 heavy (non-hydrogen) atoms. The third-order valence-corrected chi connectivity index (χ3v) is 0.285. The zero-order valence-corrected chi connectivity index (χ0v) is 3.36. The molecule has 0 N–H and O–H groups in total. The van der Waals surface area contributed by atoms with E-state index in [4.69, 9.17) is 6.58 Å². The van der Waals surface area contributed by atoms with E-state index >= 15 is 0 Å². The molecule has 0 saturated carbocycles. The summed E-state index contributed by atoms with van der Waals surface area (Å²) in [6.45, 7) is 10.3. The molecule has 0 nitrogen and oxygen atoms in total. The van der Waals surface area contributed by atoms with Crippen LogP contribution in [-0.4, -0.2) is 0 Å². The molecule has 26 valence electrons. The molecule has 0 aromatic rings. The molecule has 0 aliphatic carbocycles. The van der Waals surface area contributed by atoms with E-state index in [0.29, 0.717) is 0 Å². The van der Waals surface area contributed by atoms with Crippen molar-refractivity contribution < 1.29 is 0 Å². The van der Waals surface area contributed by atoms with Crippen molar-refractivity contribution in [2.24, 2.45) is 0 Å². The minimum Gasteiger partial charge on any atom is -0.0120 e. The van der Waals surface area contributed by atoms with Gasteiger partial charge in [0, 0.05) is 13.5 Å². The number of hydrogen-bond acceptors (Lipinski definition) is 0. The molecule has 0 aliphatic heterocycles. The second-order valence-corrected chi connectivity index (χ2v) is 1.01. The van der Waals surface area contributed by atoms with E-state index in [-0.39, 0.29) is 0 Å². The van der Waals surface area contributed by atoms with E-state index in [1.54, 1.807) is 0 Å². The maximum absolute atomic E-state index is 4.95. The third-order valence-electron chi connectivity index (χ3n) is 0.285. The second-order valence-electron chi connectivity index (χ2n) is 1.01. The fraction of sp³-hybridized carbons (Fsp3) is 0.200. The van der Waals surface area contributed by atoms with Crippen LogP contribution in [0.4, 0.5) is 0 Å². The van der Waals surface area contributed by atoms with E-state index in [9.17, 15) is 0 Å². The topological polar surface area (TPSA) is 0 Å². The summed E-state index contributed by atoms with van der Waals surface area (Å²) >= 11 is 0. The van der Waals surface area contributed by atoms with Crippen molar-refractivity contribution in [3.63, 3.8) is 0 Å². The van der Waals surface area contributed by atoms with Crippen LogP contribution in [0.25, 0.3) is 0 Å². The van der Waals surface area contributed by atoms with Gasteiger partial charge in [-0.15, -0.1) is 0 Å². The Balaban J connectivity index is 3.20. The summed E-state index contributed by atoms with van der Waals surface area (Å²) in [4.78, 5) is 0. The highest BCUT2D eigenvalue weighted by Crippen LogP contribution is 1.80. The van der Waals surface area contributed by atoms with Crippen LogP contribution < -0.4 is 0 Å². The predicted molar refractivity (Wildman–Crippen MR) is 23.7 cm³/mol. The van der Waals surface area contributed by atoms with Crippen molar-refractivity contribution >= 4 is 0 Å². The van der Waals surface area contributed by atoms with E-state index in [0.717, 1.165) is 5.57 Å². The molecule has 0 heterocycles. The van der Waals surface area contributed by atoms with Gasteiger partial charge in [-0.1, -0.05) is 0 Å². The minimum atomic E-state index is 0.907. The largest absolute Gasteiger partial charge is 0.153 e. The first-order valence-corrected chi connectivity index (χ1v) is 1.48. The lowest BCUT2D eigenvalue weighted by molar-refractivity contribution is 1.57. The van der Waals surface area contributed by atoms with Gasteiger partial charge in [-0.25, -0.2) is 0 Å². The van der Waals surface area contributed by atoms with Crippen molar-refractivity contribution in [3.8, 4) is 0 Å². The summed E-state index contributed by atoms with van der Waals surface area (Å²) in [5.41, 5.74) is 0.907. The Labute approximate surface area is 32.8 Å². The lowest BCUT2D eigenvalue weighted by Crippen LogP contribution is -1.50. The number of allylic oxidation sites excluding steroid dienone is 2. The van der Waals surface area contributed by atoms with Gasteiger partial charge in [0.2, 0.25) is 0 Å². The fourth-order valence-electron chi connectivity index (χ4n) is 0. The van der Waals surface area contributed by atoms with Crippen LogP contribution in [0.3, 0.4) is 0 Å². The van der Waals surface area contributed by atoms with Crippen LogP contribution in [0.15, 0.2) is 18.2 Å². The van der Waals surface area contributed by atoms with E-state index in [1.165, 1.54) is 6.08 Å². The monoisotopic (exact) mass is 67.1 g/mol. The lowest BCUT2D eigenvalue weighted by Gasteiger charge is -1.57. The first kappa shape index (κ1) is 4.39. The standard InChI is InChI=1S/C5H7/c1-4-5(2)3/h1,4H,2H2,3H3/q+1. The summed E-state index contributed by atoms with van der Waals surface area (Å²) in [5, 5.41) is 0. The molecule has 0 spiro atoms. The van der Waals surface area contributed by atoms with E-state index < -0.39 is 0 Å². The van der Waals surface area contributed by atoms with Crippen molar-refractivity contribution in [2.75, 3.05) is 0 Å². The van der Waals surface area contributed by atoms with Crippen molar-refractivity contribution in [2.45, 2.75) is 6.92 Å². The van der Waals surface area contributed by atoms with Crippen molar-refractivity contribution in [1.29, 1.82) is 0 Å². The molecule has 0 aliphatic rings. The third kappa shape index (κ3) is 3.39. The molecule has 0 unspecified atom stereocenters. The summed E-state index contributed by atoms with van der Waals surface area (Å²) in [6.07, 6.45) is 1.47. The quantitative estimate of drug-likeness (QED) is 0.322. The molecule has 0 radical (unpaired) electrons. The highest BCUT2D eigenvalue weighted by Gasteiger charge is 1.73. The van der Waals surface area contributed by atoms with Crippen molar-refractivity contribution in [3.05, 3.63) is 24.8 Å². The summed E-state index contributed by atoms with van der Waals surface area (Å²) < 4.78 is 0. The zero-order valence-electron chi connectivity index (χ0n) is 3.36. The van der Waals surface area contributed by atoms with Crippen LogP contribution in [0.5, 0.6) is 0 Å². The molecule has 0 bridgehead atoms. The summed E-state index contributed by atoms with van der Waals surface area (Å²) in [5.74, 6) is 0. The summed E-state index contributed by atoms with van der Waals surface area (Å²) in [6, 6.07) is 0. The first-order chi connectivity index (χ1) is 2.27. The fourth-order valence-corrected chi connectivity index (χ4v) is 0. The van der Waals surface area contributed by atoms with Gasteiger partial charge in [0.25, 0.3) is 0 Å². The van der Waals surface area contributed by atoms with Crippen LogP contribution >= 0.6 is 0 Å². The van der Waals surface area contributed by atoms with Gasteiger partial charge >= 0.3 is 0 Å². The predicted octanol–water partition coefficient (Wildman–Crippen LogP) is 1.55. The van der Waals surface area contributed by atoms with Crippen molar-refractivity contribution in [1.82, 2.24) is 0 Å². The molecular weight excluding hydrogens is 60.1 g/mol. The normalized spacial score (nSPS) is 6.40. The average Bonchev–Trinajstić information content (AvgIpc) is 1.38. The van der Waals surface area contributed by atoms with Gasteiger partial charge in [0.1, 0.15) is 0 Å². The minimum absolute atomic E-state index is 0.907. The summed E-state index contributed by atoms with van der Waals surface area (Å²) in [7, 11) is 0. The Kier molecular flexibility index (Phi) is 1.48. The van der Waals surface area contributed by atoms with Gasteiger partial charge in [-0.3, -0.25) is 0 Å². The Hall–Kier alpha value is -0.610. The van der Waals surface area contributed by atoms with Crippen LogP contribution in [0.2, 0.25) is 0 Å². The first-order valence-electron chi connectivity index (χ1n) is 1.48. The van der Waals surface area contributed by atoms with Gasteiger partial charge in [-0.05, 0) is 6.58 Å². The number of rotatable bonds is 1. The molecule has 0 amide bonds. The van der Waals surface area contributed by atoms with E-state index in [2.05, 4.69) is 6.58 Å². The zero-order chi connectivity index (χ0) is 4.28.